The number of likely N-dealkylation sites (tertiary alicyclic amines) is 2. The summed E-state index contributed by atoms with van der Waals surface area (Å²) in [5, 5.41) is 1.25. The van der Waals surface area contributed by atoms with E-state index in [4.69, 9.17) is 0 Å². The van der Waals surface area contributed by atoms with E-state index < -0.39 is 0 Å². The molecule has 0 radical (unpaired) electrons. The number of carbonyl (C=O) groups is 1. The van der Waals surface area contributed by atoms with E-state index in [0.29, 0.717) is 12.1 Å². The molecule has 4 rings (SSSR count). The van der Waals surface area contributed by atoms with E-state index in [2.05, 4.69) is 39.0 Å². The molecule has 1 aromatic heterocycles. The Hall–Kier alpha value is -1.94. The van der Waals surface area contributed by atoms with Crippen molar-refractivity contribution in [3.05, 3.63) is 42.1 Å². The molecule has 2 fully saturated rings. The van der Waals surface area contributed by atoms with Gasteiger partial charge in [-0.25, -0.2) is 0 Å². The van der Waals surface area contributed by atoms with Gasteiger partial charge in [-0.15, -0.1) is 0 Å². The molecule has 4 nitrogen and oxygen atoms in total. The zero-order chi connectivity index (χ0) is 17.2. The molecule has 2 aliphatic rings. The van der Waals surface area contributed by atoms with Crippen molar-refractivity contribution in [1.82, 2.24) is 14.8 Å². The van der Waals surface area contributed by atoms with E-state index in [9.17, 15) is 4.79 Å². The largest absolute Gasteiger partial charge is 0.338 e. The Balaban J connectivity index is 1.59. The van der Waals surface area contributed by atoms with Gasteiger partial charge < -0.3 is 4.90 Å². The number of rotatable bonds is 2. The lowest BCUT2D eigenvalue weighted by Crippen LogP contribution is -2.48. The first-order valence-electron chi connectivity index (χ1n) is 9.58. The van der Waals surface area contributed by atoms with Crippen LogP contribution in [0.1, 0.15) is 44.6 Å². The normalized spacial score (nSPS) is 24.8. The van der Waals surface area contributed by atoms with Crippen LogP contribution in [0.4, 0.5) is 0 Å². The first kappa shape index (κ1) is 16.5. The van der Waals surface area contributed by atoms with Crippen molar-refractivity contribution < 1.29 is 4.79 Å². The Morgan fingerprint density at radius 1 is 1.08 bits per heavy atom. The van der Waals surface area contributed by atoms with Crippen molar-refractivity contribution in [2.75, 3.05) is 13.1 Å². The summed E-state index contributed by atoms with van der Waals surface area (Å²) in [7, 11) is 0. The van der Waals surface area contributed by atoms with E-state index in [1.54, 1.807) is 6.92 Å². The minimum atomic E-state index is 0.244. The van der Waals surface area contributed by atoms with E-state index in [1.165, 1.54) is 30.2 Å². The highest BCUT2D eigenvalue weighted by molar-refractivity contribution is 5.81. The summed E-state index contributed by atoms with van der Waals surface area (Å²) in [6, 6.07) is 11.5. The average molecular weight is 337 g/mol. The summed E-state index contributed by atoms with van der Waals surface area (Å²) in [4.78, 5) is 21.4. The number of pyridine rings is 1. The van der Waals surface area contributed by atoms with Crippen molar-refractivity contribution in [1.29, 1.82) is 0 Å². The molecule has 1 aromatic carbocycles. The third-order valence-electron chi connectivity index (χ3n) is 5.94. The summed E-state index contributed by atoms with van der Waals surface area (Å²) in [6.07, 6.45) is 7.83. The van der Waals surface area contributed by atoms with E-state index >= 15 is 0 Å². The zero-order valence-electron chi connectivity index (χ0n) is 15.0. The van der Waals surface area contributed by atoms with Gasteiger partial charge >= 0.3 is 0 Å². The van der Waals surface area contributed by atoms with Crippen molar-refractivity contribution in [3.63, 3.8) is 0 Å². The number of amides is 1. The molecule has 0 aliphatic carbocycles. The summed E-state index contributed by atoms with van der Waals surface area (Å²) in [5.74, 6) is 0.244. The highest BCUT2D eigenvalue weighted by atomic mass is 16.2. The van der Waals surface area contributed by atoms with Crippen LogP contribution in [0.5, 0.6) is 0 Å². The first-order chi connectivity index (χ1) is 12.2. The molecule has 1 amide bonds. The van der Waals surface area contributed by atoms with Gasteiger partial charge in [-0.05, 0) is 37.0 Å². The molecule has 2 atom stereocenters. The Bertz CT molecular complexity index is 754. The predicted molar refractivity (Wildman–Crippen MR) is 100 cm³/mol. The molecule has 132 valence electrons. The number of nitrogens with zero attached hydrogens (tertiary/aromatic N) is 3. The number of benzene rings is 1. The van der Waals surface area contributed by atoms with Gasteiger partial charge in [0.05, 0.1) is 5.52 Å². The van der Waals surface area contributed by atoms with Crippen molar-refractivity contribution >= 4 is 16.8 Å². The second-order valence-corrected chi connectivity index (χ2v) is 7.44. The van der Waals surface area contributed by atoms with E-state index in [1.807, 2.05) is 12.3 Å². The minimum absolute atomic E-state index is 0.244. The molecule has 0 unspecified atom stereocenters. The summed E-state index contributed by atoms with van der Waals surface area (Å²) < 4.78 is 0. The lowest BCUT2D eigenvalue weighted by molar-refractivity contribution is -0.132. The SMILES string of the molecule is CC(=O)N1CCCCC[C@@H]2[C@@H]1CCN2Cc1cccc2ncccc12. The molecule has 0 bridgehead atoms. The first-order valence-corrected chi connectivity index (χ1v) is 9.58. The van der Waals surface area contributed by atoms with Gasteiger partial charge in [-0.2, -0.15) is 0 Å². The molecule has 2 aromatic rings. The second-order valence-electron chi connectivity index (χ2n) is 7.44. The minimum Gasteiger partial charge on any atom is -0.338 e. The number of carbonyl (C=O) groups excluding carboxylic acids is 1. The molecule has 4 heteroatoms. The molecule has 2 saturated heterocycles. The van der Waals surface area contributed by atoms with Gasteiger partial charge in [0, 0.05) is 50.2 Å². The predicted octanol–water partition coefficient (Wildman–Crippen LogP) is 3.60. The van der Waals surface area contributed by atoms with Crippen LogP contribution in [0.25, 0.3) is 10.9 Å². The Morgan fingerprint density at radius 2 is 2.00 bits per heavy atom. The number of aromatic nitrogens is 1. The standard InChI is InChI=1S/C21H27N3O/c1-16(25)24-13-4-2-3-10-20-21(24)11-14-23(20)15-17-7-5-9-19-18(17)8-6-12-22-19/h5-9,12,20-21H,2-4,10-11,13-15H2,1H3/t20-,21+/m1/s1. The summed E-state index contributed by atoms with van der Waals surface area (Å²) in [6.45, 7) is 4.70. The van der Waals surface area contributed by atoms with Gasteiger partial charge in [-0.1, -0.05) is 31.0 Å². The van der Waals surface area contributed by atoms with Gasteiger partial charge in [-0.3, -0.25) is 14.7 Å². The highest BCUT2D eigenvalue weighted by Gasteiger charge is 2.39. The molecule has 0 spiro atoms. The number of hydrogen-bond acceptors (Lipinski definition) is 3. The van der Waals surface area contributed by atoms with E-state index in [0.717, 1.165) is 38.0 Å². The molecule has 25 heavy (non-hydrogen) atoms. The summed E-state index contributed by atoms with van der Waals surface area (Å²) in [5.41, 5.74) is 2.42. The topological polar surface area (TPSA) is 36.4 Å². The van der Waals surface area contributed by atoms with Crippen LogP contribution in [0, 0.1) is 0 Å². The fourth-order valence-corrected chi connectivity index (χ4v) is 4.73. The van der Waals surface area contributed by atoms with Gasteiger partial charge in [0.25, 0.3) is 0 Å². The third-order valence-corrected chi connectivity index (χ3v) is 5.94. The van der Waals surface area contributed by atoms with Crippen molar-refractivity contribution in [2.45, 2.75) is 57.7 Å². The van der Waals surface area contributed by atoms with Gasteiger partial charge in [0.15, 0.2) is 0 Å². The van der Waals surface area contributed by atoms with E-state index in [-0.39, 0.29) is 5.91 Å². The molecular weight excluding hydrogens is 310 g/mol. The smallest absolute Gasteiger partial charge is 0.219 e. The highest BCUT2D eigenvalue weighted by Crippen LogP contribution is 2.31. The average Bonchev–Trinajstić information content (AvgIpc) is 2.96. The maximum atomic E-state index is 12.1. The van der Waals surface area contributed by atoms with Crippen LogP contribution >= 0.6 is 0 Å². The van der Waals surface area contributed by atoms with Gasteiger partial charge in [0.1, 0.15) is 0 Å². The van der Waals surface area contributed by atoms with Crippen molar-refractivity contribution in [2.24, 2.45) is 0 Å². The molecule has 2 aliphatic heterocycles. The molecule has 0 N–H and O–H groups in total. The van der Waals surface area contributed by atoms with Crippen LogP contribution < -0.4 is 0 Å². The monoisotopic (exact) mass is 337 g/mol. The lowest BCUT2D eigenvalue weighted by Gasteiger charge is -2.37. The maximum Gasteiger partial charge on any atom is 0.219 e. The number of fused-ring (bicyclic) bond motifs is 2. The second kappa shape index (κ2) is 7.12. The summed E-state index contributed by atoms with van der Waals surface area (Å²) >= 11 is 0. The fourth-order valence-electron chi connectivity index (χ4n) is 4.73. The van der Waals surface area contributed by atoms with Crippen LogP contribution in [0.3, 0.4) is 0 Å². The quantitative estimate of drug-likeness (QED) is 0.840. The van der Waals surface area contributed by atoms with Crippen LogP contribution in [-0.4, -0.2) is 45.9 Å². The Labute approximate surface area is 149 Å². The fraction of sp³-hybridized carbons (Fsp3) is 0.524. The molecular formula is C21H27N3O. The van der Waals surface area contributed by atoms with Crippen LogP contribution in [-0.2, 0) is 11.3 Å². The number of hydrogen-bond donors (Lipinski definition) is 0. The van der Waals surface area contributed by atoms with Crippen LogP contribution in [0.2, 0.25) is 0 Å². The molecule has 3 heterocycles. The van der Waals surface area contributed by atoms with Gasteiger partial charge in [0.2, 0.25) is 5.91 Å². The Kier molecular flexibility index (Phi) is 4.71. The lowest BCUT2D eigenvalue weighted by atomic mass is 9.96. The maximum absolute atomic E-state index is 12.1. The van der Waals surface area contributed by atoms with Crippen molar-refractivity contribution in [3.8, 4) is 0 Å². The zero-order valence-corrected chi connectivity index (χ0v) is 15.0. The van der Waals surface area contributed by atoms with Crippen LogP contribution in [0.15, 0.2) is 36.5 Å². The third kappa shape index (κ3) is 3.28. The Morgan fingerprint density at radius 3 is 2.88 bits per heavy atom. The molecule has 0 saturated carbocycles.